The van der Waals surface area contributed by atoms with Crippen LogP contribution < -0.4 is 5.73 Å². The summed E-state index contributed by atoms with van der Waals surface area (Å²) in [6, 6.07) is 9.86. The number of rotatable bonds is 2. The van der Waals surface area contributed by atoms with Crippen LogP contribution in [0.15, 0.2) is 41.0 Å². The Balaban J connectivity index is 2.49. The third-order valence-corrected chi connectivity index (χ3v) is 2.79. The summed E-state index contributed by atoms with van der Waals surface area (Å²) in [5.41, 5.74) is 8.40. The highest BCUT2D eigenvalue weighted by molar-refractivity contribution is 9.10. The van der Waals surface area contributed by atoms with Crippen LogP contribution in [0.4, 0.5) is 0 Å². The lowest BCUT2D eigenvalue weighted by Crippen LogP contribution is -1.99. The number of hydrogen-bond donors (Lipinski definition) is 1. The predicted molar refractivity (Wildman–Crippen MR) is 63.1 cm³/mol. The minimum atomic E-state index is 0.479. The Kier molecular flexibility index (Phi) is 3.08. The van der Waals surface area contributed by atoms with Gasteiger partial charge in [0.2, 0.25) is 0 Å². The predicted octanol–water partition coefficient (Wildman–Crippen LogP) is 2.36. The summed E-state index contributed by atoms with van der Waals surface area (Å²) in [6.07, 6.45) is 1.68. The summed E-state index contributed by atoms with van der Waals surface area (Å²) in [5, 5.41) is 8.00. The molecule has 0 amide bonds. The Bertz CT molecular complexity index is 471. The van der Waals surface area contributed by atoms with Crippen LogP contribution in [-0.2, 0) is 6.54 Å². The minimum absolute atomic E-state index is 0.479. The Labute approximate surface area is 96.5 Å². The molecule has 0 radical (unpaired) electrons. The molecule has 0 atom stereocenters. The number of nitrogens with two attached hydrogens (primary N) is 1. The SMILES string of the molecule is NCc1cnnc(-c2ccccc2Br)c1. The van der Waals surface area contributed by atoms with Gasteiger partial charge < -0.3 is 5.73 Å². The Morgan fingerprint density at radius 1 is 1.27 bits per heavy atom. The van der Waals surface area contributed by atoms with E-state index in [2.05, 4.69) is 26.1 Å². The van der Waals surface area contributed by atoms with Crippen molar-refractivity contribution in [2.24, 2.45) is 5.73 Å². The van der Waals surface area contributed by atoms with E-state index in [0.717, 1.165) is 21.3 Å². The van der Waals surface area contributed by atoms with Crippen LogP contribution in [0, 0.1) is 0 Å². The van der Waals surface area contributed by atoms with E-state index in [1.165, 1.54) is 0 Å². The van der Waals surface area contributed by atoms with E-state index in [4.69, 9.17) is 5.73 Å². The molecule has 0 aliphatic heterocycles. The van der Waals surface area contributed by atoms with Crippen LogP contribution in [0.1, 0.15) is 5.56 Å². The third-order valence-electron chi connectivity index (χ3n) is 2.10. The molecule has 0 unspecified atom stereocenters. The lowest BCUT2D eigenvalue weighted by Gasteiger charge is -2.03. The number of benzene rings is 1. The molecule has 1 aromatic heterocycles. The van der Waals surface area contributed by atoms with Gasteiger partial charge in [-0.15, -0.1) is 0 Å². The standard InChI is InChI=1S/C11H10BrN3/c12-10-4-2-1-3-9(10)11-5-8(6-13)7-14-15-11/h1-5,7H,6,13H2. The number of nitrogens with zero attached hydrogens (tertiary/aromatic N) is 2. The number of hydrogen-bond acceptors (Lipinski definition) is 3. The molecule has 2 N–H and O–H groups in total. The molecule has 0 fully saturated rings. The second-order valence-electron chi connectivity index (χ2n) is 3.13. The Morgan fingerprint density at radius 2 is 2.07 bits per heavy atom. The lowest BCUT2D eigenvalue weighted by molar-refractivity contribution is 0.971. The summed E-state index contributed by atoms with van der Waals surface area (Å²) >= 11 is 3.48. The van der Waals surface area contributed by atoms with Gasteiger partial charge in [0, 0.05) is 16.6 Å². The first-order valence-electron chi connectivity index (χ1n) is 4.58. The molecule has 2 aromatic rings. The summed E-state index contributed by atoms with van der Waals surface area (Å²) in [4.78, 5) is 0. The first-order chi connectivity index (χ1) is 7.31. The zero-order chi connectivity index (χ0) is 10.7. The van der Waals surface area contributed by atoms with E-state index >= 15 is 0 Å². The van der Waals surface area contributed by atoms with Crippen molar-refractivity contribution < 1.29 is 0 Å². The van der Waals surface area contributed by atoms with Crippen molar-refractivity contribution in [2.45, 2.75) is 6.54 Å². The van der Waals surface area contributed by atoms with Gasteiger partial charge in [-0.3, -0.25) is 0 Å². The zero-order valence-corrected chi connectivity index (χ0v) is 9.61. The van der Waals surface area contributed by atoms with Gasteiger partial charge in [0.05, 0.1) is 11.9 Å². The molecule has 1 heterocycles. The smallest absolute Gasteiger partial charge is 0.0944 e. The molecule has 4 heteroatoms. The van der Waals surface area contributed by atoms with Gasteiger partial charge >= 0.3 is 0 Å². The fraction of sp³-hybridized carbons (Fsp3) is 0.0909. The van der Waals surface area contributed by atoms with Crippen LogP contribution in [0.2, 0.25) is 0 Å². The fourth-order valence-corrected chi connectivity index (χ4v) is 1.81. The van der Waals surface area contributed by atoms with Crippen LogP contribution in [-0.4, -0.2) is 10.2 Å². The molecular weight excluding hydrogens is 254 g/mol. The summed E-state index contributed by atoms with van der Waals surface area (Å²) in [6.45, 7) is 0.479. The van der Waals surface area contributed by atoms with E-state index in [1.54, 1.807) is 6.20 Å². The molecule has 76 valence electrons. The van der Waals surface area contributed by atoms with E-state index in [0.29, 0.717) is 6.54 Å². The molecule has 2 rings (SSSR count). The zero-order valence-electron chi connectivity index (χ0n) is 8.02. The average molecular weight is 264 g/mol. The quantitative estimate of drug-likeness (QED) is 0.905. The minimum Gasteiger partial charge on any atom is -0.326 e. The molecule has 0 aliphatic rings. The van der Waals surface area contributed by atoms with Crippen LogP contribution in [0.25, 0.3) is 11.3 Å². The van der Waals surface area contributed by atoms with E-state index in [9.17, 15) is 0 Å². The van der Waals surface area contributed by atoms with E-state index in [-0.39, 0.29) is 0 Å². The van der Waals surface area contributed by atoms with Gasteiger partial charge in [-0.05, 0) is 17.7 Å². The Morgan fingerprint density at radius 3 is 2.80 bits per heavy atom. The van der Waals surface area contributed by atoms with Crippen molar-refractivity contribution in [1.29, 1.82) is 0 Å². The van der Waals surface area contributed by atoms with Gasteiger partial charge in [0.25, 0.3) is 0 Å². The van der Waals surface area contributed by atoms with Gasteiger partial charge in [0.15, 0.2) is 0 Å². The molecular formula is C11H10BrN3. The second kappa shape index (κ2) is 4.51. The van der Waals surface area contributed by atoms with Gasteiger partial charge in [-0.2, -0.15) is 10.2 Å². The summed E-state index contributed by atoms with van der Waals surface area (Å²) < 4.78 is 1.01. The van der Waals surface area contributed by atoms with Crippen molar-refractivity contribution in [1.82, 2.24) is 10.2 Å². The third kappa shape index (κ3) is 2.22. The van der Waals surface area contributed by atoms with Crippen molar-refractivity contribution in [3.05, 3.63) is 46.6 Å². The van der Waals surface area contributed by atoms with Crippen LogP contribution in [0.3, 0.4) is 0 Å². The first kappa shape index (κ1) is 10.3. The largest absolute Gasteiger partial charge is 0.326 e. The topological polar surface area (TPSA) is 51.8 Å². The molecule has 0 saturated carbocycles. The highest BCUT2D eigenvalue weighted by Crippen LogP contribution is 2.25. The number of halogens is 1. The van der Waals surface area contributed by atoms with Crippen LogP contribution in [0.5, 0.6) is 0 Å². The molecule has 15 heavy (non-hydrogen) atoms. The van der Waals surface area contributed by atoms with Crippen LogP contribution >= 0.6 is 15.9 Å². The Hall–Kier alpha value is -1.26. The normalized spacial score (nSPS) is 10.3. The maximum atomic E-state index is 5.56. The summed E-state index contributed by atoms with van der Waals surface area (Å²) in [5.74, 6) is 0. The lowest BCUT2D eigenvalue weighted by atomic mass is 10.1. The first-order valence-corrected chi connectivity index (χ1v) is 5.37. The number of aromatic nitrogens is 2. The molecule has 1 aromatic carbocycles. The van der Waals surface area contributed by atoms with Gasteiger partial charge in [-0.1, -0.05) is 34.1 Å². The highest BCUT2D eigenvalue weighted by Gasteiger charge is 2.04. The molecule has 3 nitrogen and oxygen atoms in total. The van der Waals surface area contributed by atoms with Crippen molar-refractivity contribution in [2.75, 3.05) is 0 Å². The monoisotopic (exact) mass is 263 g/mol. The van der Waals surface area contributed by atoms with E-state index in [1.807, 2.05) is 30.3 Å². The second-order valence-corrected chi connectivity index (χ2v) is 3.99. The maximum absolute atomic E-state index is 5.56. The highest BCUT2D eigenvalue weighted by atomic mass is 79.9. The maximum Gasteiger partial charge on any atom is 0.0944 e. The van der Waals surface area contributed by atoms with E-state index < -0.39 is 0 Å². The average Bonchev–Trinajstić information content (AvgIpc) is 2.30. The van der Waals surface area contributed by atoms with Crippen molar-refractivity contribution >= 4 is 15.9 Å². The van der Waals surface area contributed by atoms with Crippen molar-refractivity contribution in [3.8, 4) is 11.3 Å². The van der Waals surface area contributed by atoms with Gasteiger partial charge in [-0.25, -0.2) is 0 Å². The van der Waals surface area contributed by atoms with Crippen molar-refractivity contribution in [3.63, 3.8) is 0 Å². The fourth-order valence-electron chi connectivity index (χ4n) is 1.32. The molecule has 0 spiro atoms. The molecule has 0 saturated heterocycles. The van der Waals surface area contributed by atoms with Gasteiger partial charge in [0.1, 0.15) is 0 Å². The molecule has 0 aliphatic carbocycles. The summed E-state index contributed by atoms with van der Waals surface area (Å²) in [7, 11) is 0. The molecule has 0 bridgehead atoms.